The van der Waals surface area contributed by atoms with Crippen LogP contribution in [0.1, 0.15) is 49.5 Å². The van der Waals surface area contributed by atoms with E-state index in [0.717, 1.165) is 42.0 Å². The van der Waals surface area contributed by atoms with Gasteiger partial charge in [-0.05, 0) is 51.7 Å². The van der Waals surface area contributed by atoms with E-state index in [2.05, 4.69) is 4.98 Å². The van der Waals surface area contributed by atoms with Crippen LogP contribution in [0, 0.1) is 0 Å². The number of nitrogens with one attached hydrogen (secondary N) is 1. The minimum Gasteiger partial charge on any atom is -0.447 e. The van der Waals surface area contributed by atoms with E-state index in [1.54, 1.807) is 15.9 Å². The first kappa shape index (κ1) is 19.4. The highest BCUT2D eigenvalue weighted by Crippen LogP contribution is 2.50. The summed E-state index contributed by atoms with van der Waals surface area (Å²) < 4.78 is 5.29. The van der Waals surface area contributed by atoms with Gasteiger partial charge in [-0.15, -0.1) is 0 Å². The van der Waals surface area contributed by atoms with E-state index in [1.807, 2.05) is 26.0 Å². The molecule has 1 aliphatic carbocycles. The molecule has 7 nitrogen and oxygen atoms in total. The van der Waals surface area contributed by atoms with Gasteiger partial charge in [0.05, 0.1) is 24.0 Å². The number of aromatic amines is 1. The number of aryl methyl sites for hydroxylation is 2. The molecule has 158 valence electrons. The third kappa shape index (κ3) is 2.90. The minimum absolute atomic E-state index is 0.0337. The third-order valence-electron chi connectivity index (χ3n) is 6.24. The maximum absolute atomic E-state index is 13.6. The van der Waals surface area contributed by atoms with E-state index in [1.165, 1.54) is 12.1 Å². The molecule has 0 atom stereocenters. The van der Waals surface area contributed by atoms with Gasteiger partial charge in [-0.3, -0.25) is 4.79 Å². The summed E-state index contributed by atoms with van der Waals surface area (Å²) in [5.41, 5.74) is 3.11. The number of imidazole rings is 1. The molecule has 3 aliphatic rings. The van der Waals surface area contributed by atoms with E-state index >= 15 is 0 Å². The SMILES string of the molecule is CC(C)OC(=O)N1CC2(C1)C(=O)N(Cc1nc3c([nH]1)CCCC3)c1cccc(Cl)c12. The van der Waals surface area contributed by atoms with Crippen LogP contribution in [0.5, 0.6) is 0 Å². The Morgan fingerprint density at radius 3 is 2.80 bits per heavy atom. The number of H-pyrrole nitrogens is 1. The Kier molecular flexibility index (Phi) is 4.54. The molecule has 3 heterocycles. The van der Waals surface area contributed by atoms with E-state index in [9.17, 15) is 9.59 Å². The molecule has 2 amide bonds. The van der Waals surface area contributed by atoms with Crippen LogP contribution in [0.25, 0.3) is 0 Å². The summed E-state index contributed by atoms with van der Waals surface area (Å²) >= 11 is 6.56. The molecule has 5 rings (SSSR count). The van der Waals surface area contributed by atoms with Crippen molar-refractivity contribution in [3.05, 3.63) is 46.0 Å². The second-order valence-corrected chi connectivity index (χ2v) is 9.12. The predicted molar refractivity (Wildman–Crippen MR) is 113 cm³/mol. The lowest BCUT2D eigenvalue weighted by Gasteiger charge is -2.46. The molecule has 1 fully saturated rings. The van der Waals surface area contributed by atoms with E-state index in [0.29, 0.717) is 11.6 Å². The van der Waals surface area contributed by atoms with Crippen molar-refractivity contribution in [2.75, 3.05) is 18.0 Å². The fourth-order valence-corrected chi connectivity index (χ4v) is 5.23. The van der Waals surface area contributed by atoms with Gasteiger partial charge in [-0.1, -0.05) is 17.7 Å². The number of aromatic nitrogens is 2. The standard InChI is InChI=1S/C22H25ClN4O3/c1-13(2)30-21(29)26-11-22(12-26)19-14(23)6-5-9-17(19)27(20(22)28)10-18-24-15-7-3-4-8-16(15)25-18/h5-6,9,13H,3-4,7-8,10-12H2,1-2H3,(H,24,25). The molecule has 0 saturated carbocycles. The quantitative estimate of drug-likeness (QED) is 0.810. The van der Waals surface area contributed by atoms with Gasteiger partial charge in [0.1, 0.15) is 11.2 Å². The third-order valence-corrected chi connectivity index (χ3v) is 6.56. The number of ether oxygens (including phenoxy) is 1. The van der Waals surface area contributed by atoms with Crippen LogP contribution in [0.4, 0.5) is 10.5 Å². The van der Waals surface area contributed by atoms with Gasteiger partial charge in [0, 0.05) is 29.4 Å². The largest absolute Gasteiger partial charge is 0.447 e. The molecule has 0 radical (unpaired) electrons. The van der Waals surface area contributed by atoms with Crippen molar-refractivity contribution in [2.45, 2.75) is 57.6 Å². The summed E-state index contributed by atoms with van der Waals surface area (Å²) in [6, 6.07) is 5.59. The number of likely N-dealkylation sites (tertiary alicyclic amines) is 1. The summed E-state index contributed by atoms with van der Waals surface area (Å²) in [4.78, 5) is 37.4. The molecule has 1 N–H and O–H groups in total. The Morgan fingerprint density at radius 1 is 1.30 bits per heavy atom. The number of hydrogen-bond acceptors (Lipinski definition) is 4. The van der Waals surface area contributed by atoms with Crippen molar-refractivity contribution >= 4 is 29.3 Å². The zero-order valence-corrected chi connectivity index (χ0v) is 18.0. The number of carbonyl (C=O) groups is 2. The van der Waals surface area contributed by atoms with Crippen LogP contribution in [0.3, 0.4) is 0 Å². The second kappa shape index (κ2) is 7.01. The van der Waals surface area contributed by atoms with Crippen LogP contribution in [0.2, 0.25) is 5.02 Å². The Balaban J connectivity index is 1.44. The molecule has 1 aromatic heterocycles. The van der Waals surface area contributed by atoms with Crippen molar-refractivity contribution in [1.82, 2.24) is 14.9 Å². The summed E-state index contributed by atoms with van der Waals surface area (Å²) in [7, 11) is 0. The molecule has 8 heteroatoms. The van der Waals surface area contributed by atoms with Crippen LogP contribution in [-0.2, 0) is 34.3 Å². The predicted octanol–water partition coefficient (Wildman–Crippen LogP) is 3.59. The number of anilines is 1. The molecule has 30 heavy (non-hydrogen) atoms. The van der Waals surface area contributed by atoms with Gasteiger partial charge in [0.2, 0.25) is 5.91 Å². The number of halogens is 1. The lowest BCUT2D eigenvalue weighted by Crippen LogP contribution is -2.65. The van der Waals surface area contributed by atoms with Gasteiger partial charge >= 0.3 is 6.09 Å². The molecular formula is C22H25ClN4O3. The van der Waals surface area contributed by atoms with Crippen LogP contribution in [-0.4, -0.2) is 46.1 Å². The zero-order valence-electron chi connectivity index (χ0n) is 17.2. The van der Waals surface area contributed by atoms with Crippen LogP contribution in [0.15, 0.2) is 18.2 Å². The lowest BCUT2D eigenvalue weighted by molar-refractivity contribution is -0.128. The Bertz CT molecular complexity index is 1000. The number of rotatable bonds is 3. The minimum atomic E-state index is -0.810. The van der Waals surface area contributed by atoms with E-state index in [-0.39, 0.29) is 25.1 Å². The molecule has 2 aliphatic heterocycles. The van der Waals surface area contributed by atoms with Crippen molar-refractivity contribution in [3.8, 4) is 0 Å². The topological polar surface area (TPSA) is 78.5 Å². The summed E-state index contributed by atoms with van der Waals surface area (Å²) in [5, 5.41) is 0.555. The van der Waals surface area contributed by atoms with Crippen molar-refractivity contribution in [2.24, 2.45) is 0 Å². The molecule has 0 unspecified atom stereocenters. The number of benzene rings is 1. The maximum atomic E-state index is 13.6. The van der Waals surface area contributed by atoms with Gasteiger partial charge in [0.25, 0.3) is 0 Å². The summed E-state index contributed by atoms with van der Waals surface area (Å²) in [6.45, 7) is 4.55. The summed E-state index contributed by atoms with van der Waals surface area (Å²) in [5.74, 6) is 0.766. The van der Waals surface area contributed by atoms with Crippen molar-refractivity contribution < 1.29 is 14.3 Å². The number of fused-ring (bicyclic) bond motifs is 3. The molecule has 1 aromatic carbocycles. The first-order valence-corrected chi connectivity index (χ1v) is 10.9. The highest BCUT2D eigenvalue weighted by molar-refractivity contribution is 6.33. The molecule has 1 saturated heterocycles. The summed E-state index contributed by atoms with van der Waals surface area (Å²) in [6.07, 6.45) is 3.72. The van der Waals surface area contributed by atoms with Crippen molar-refractivity contribution in [3.63, 3.8) is 0 Å². The average molecular weight is 429 g/mol. The maximum Gasteiger partial charge on any atom is 0.410 e. The molecule has 1 spiro atoms. The van der Waals surface area contributed by atoms with Gasteiger partial charge in [0.15, 0.2) is 0 Å². The Morgan fingerprint density at radius 2 is 2.07 bits per heavy atom. The molecular weight excluding hydrogens is 404 g/mol. The van der Waals surface area contributed by atoms with Gasteiger partial charge in [-0.25, -0.2) is 9.78 Å². The Hall–Kier alpha value is -2.54. The average Bonchev–Trinajstić information content (AvgIpc) is 3.18. The normalized spacial score (nSPS) is 19.1. The van der Waals surface area contributed by atoms with Crippen LogP contribution >= 0.6 is 11.6 Å². The zero-order chi connectivity index (χ0) is 21.0. The smallest absolute Gasteiger partial charge is 0.410 e. The monoisotopic (exact) mass is 428 g/mol. The number of nitrogens with zero attached hydrogens (tertiary/aromatic N) is 3. The lowest BCUT2D eigenvalue weighted by atomic mass is 9.75. The number of hydrogen-bond donors (Lipinski definition) is 1. The van der Waals surface area contributed by atoms with E-state index < -0.39 is 11.5 Å². The first-order chi connectivity index (χ1) is 14.4. The highest BCUT2D eigenvalue weighted by atomic mass is 35.5. The number of carbonyl (C=O) groups excluding carboxylic acids is 2. The highest BCUT2D eigenvalue weighted by Gasteiger charge is 2.60. The van der Waals surface area contributed by atoms with Crippen LogP contribution < -0.4 is 4.90 Å². The molecule has 2 aromatic rings. The van der Waals surface area contributed by atoms with E-state index in [4.69, 9.17) is 21.3 Å². The fraction of sp³-hybridized carbons (Fsp3) is 0.500. The first-order valence-electron chi connectivity index (χ1n) is 10.5. The number of amides is 2. The fourth-order valence-electron chi connectivity index (χ4n) is 4.88. The Labute approximate surface area is 180 Å². The van der Waals surface area contributed by atoms with Crippen molar-refractivity contribution in [1.29, 1.82) is 0 Å². The van der Waals surface area contributed by atoms with Gasteiger partial charge < -0.3 is 19.5 Å². The second-order valence-electron chi connectivity index (χ2n) is 8.71. The van der Waals surface area contributed by atoms with Gasteiger partial charge in [-0.2, -0.15) is 0 Å². The molecule has 0 bridgehead atoms.